The lowest BCUT2D eigenvalue weighted by Crippen LogP contribution is -2.01. The molecule has 0 N–H and O–H groups in total. The molecule has 0 bridgehead atoms. The number of hydrogen-bond donors (Lipinski definition) is 0. The first kappa shape index (κ1) is 4.43. The highest BCUT2D eigenvalue weighted by molar-refractivity contribution is 5.61. The Bertz CT molecular complexity index is 88.9. The summed E-state index contributed by atoms with van der Waals surface area (Å²) in [5.74, 6) is 0. The van der Waals surface area contributed by atoms with Crippen LogP contribution in [0.25, 0.3) is 0 Å². The lowest BCUT2D eigenvalue weighted by atomic mass is 10.5. The van der Waals surface area contributed by atoms with E-state index in [1.54, 1.807) is 6.92 Å². The third-order valence-electron chi connectivity index (χ3n) is 0.733. The van der Waals surface area contributed by atoms with Gasteiger partial charge in [-0.25, -0.2) is 4.79 Å². The Labute approximate surface area is 41.2 Å². The molecule has 1 heterocycles. The molecule has 1 aliphatic heterocycles. The fourth-order valence-electron chi connectivity index (χ4n) is 0.418. The van der Waals surface area contributed by atoms with E-state index < -0.39 is 6.16 Å². The third-order valence-corrected chi connectivity index (χ3v) is 0.733. The first-order valence-corrected chi connectivity index (χ1v) is 2.12. The monoisotopic (exact) mass is 102 g/mol. The summed E-state index contributed by atoms with van der Waals surface area (Å²) < 4.78 is 8.90. The lowest BCUT2D eigenvalue weighted by molar-refractivity contribution is 0.121. The molecule has 0 aromatic heterocycles. The largest absolute Gasteiger partial charge is 0.508 e. The molecule has 0 spiro atoms. The van der Waals surface area contributed by atoms with Crippen molar-refractivity contribution >= 4 is 6.16 Å². The van der Waals surface area contributed by atoms with Crippen LogP contribution in [0.1, 0.15) is 6.92 Å². The number of carbonyl (C=O) groups is 1. The highest BCUT2D eigenvalue weighted by Crippen LogP contribution is 2.02. The summed E-state index contributed by atoms with van der Waals surface area (Å²) in [6.45, 7) is 2.18. The van der Waals surface area contributed by atoms with E-state index in [4.69, 9.17) is 0 Å². The minimum atomic E-state index is -0.549. The molecule has 0 amide bonds. The van der Waals surface area contributed by atoms with Gasteiger partial charge in [-0.3, -0.25) is 0 Å². The zero-order valence-corrected chi connectivity index (χ0v) is 4.01. The molecule has 40 valence electrons. The van der Waals surface area contributed by atoms with Crippen LogP contribution in [0.2, 0.25) is 0 Å². The van der Waals surface area contributed by atoms with Crippen molar-refractivity contribution in [2.24, 2.45) is 0 Å². The normalized spacial score (nSPS) is 29.3. The number of rotatable bonds is 0. The van der Waals surface area contributed by atoms with Crippen molar-refractivity contribution in [3.63, 3.8) is 0 Å². The second kappa shape index (κ2) is 1.40. The van der Waals surface area contributed by atoms with Crippen LogP contribution in [0.4, 0.5) is 4.79 Å². The molecule has 3 nitrogen and oxygen atoms in total. The zero-order valence-electron chi connectivity index (χ0n) is 4.01. The maximum absolute atomic E-state index is 10.0. The standard InChI is InChI=1S/C4H6O3/c1-3-2-6-4(5)7-3/h3H,2H2,1H3/t3-/m1/s1. The van der Waals surface area contributed by atoms with E-state index in [1.807, 2.05) is 0 Å². The second-order valence-electron chi connectivity index (χ2n) is 1.49. The molecule has 0 aliphatic carbocycles. The summed E-state index contributed by atoms with van der Waals surface area (Å²) >= 11 is 0. The summed E-state index contributed by atoms with van der Waals surface area (Å²) in [7, 11) is 0. The predicted molar refractivity (Wildman–Crippen MR) is 21.9 cm³/mol. The van der Waals surface area contributed by atoms with Gasteiger partial charge in [-0.15, -0.1) is 0 Å². The summed E-state index contributed by atoms with van der Waals surface area (Å²) in [6.07, 6.45) is -0.597. The first-order chi connectivity index (χ1) is 3.29. The van der Waals surface area contributed by atoms with Gasteiger partial charge >= 0.3 is 6.16 Å². The van der Waals surface area contributed by atoms with Crippen LogP contribution in [0.5, 0.6) is 0 Å². The van der Waals surface area contributed by atoms with Gasteiger partial charge in [-0.2, -0.15) is 0 Å². The van der Waals surface area contributed by atoms with Crippen molar-refractivity contribution < 1.29 is 14.3 Å². The van der Waals surface area contributed by atoms with Gasteiger partial charge in [0.15, 0.2) is 0 Å². The van der Waals surface area contributed by atoms with Crippen LogP contribution < -0.4 is 0 Å². The van der Waals surface area contributed by atoms with Crippen LogP contribution >= 0.6 is 0 Å². The molecule has 1 rings (SSSR count). The van der Waals surface area contributed by atoms with E-state index in [0.29, 0.717) is 6.61 Å². The summed E-state index contributed by atoms with van der Waals surface area (Å²) in [5.41, 5.74) is 0. The smallest absolute Gasteiger partial charge is 0.430 e. The summed E-state index contributed by atoms with van der Waals surface area (Å²) in [5, 5.41) is 0. The van der Waals surface area contributed by atoms with Gasteiger partial charge in [0.05, 0.1) is 0 Å². The van der Waals surface area contributed by atoms with Gasteiger partial charge in [-0.05, 0) is 6.92 Å². The van der Waals surface area contributed by atoms with Crippen LogP contribution in [0, 0.1) is 0 Å². The van der Waals surface area contributed by atoms with E-state index in [9.17, 15) is 4.79 Å². The molecule has 0 unspecified atom stereocenters. The number of hydrogen-bond acceptors (Lipinski definition) is 3. The second-order valence-corrected chi connectivity index (χ2v) is 1.49. The molecule has 0 saturated carbocycles. The van der Waals surface area contributed by atoms with Crippen molar-refractivity contribution in [2.75, 3.05) is 6.61 Å². The van der Waals surface area contributed by atoms with Crippen LogP contribution in [-0.2, 0) is 9.47 Å². The number of carbonyl (C=O) groups excluding carboxylic acids is 1. The molecule has 0 aromatic carbocycles. The lowest BCUT2D eigenvalue weighted by Gasteiger charge is -1.90. The van der Waals surface area contributed by atoms with Gasteiger partial charge < -0.3 is 9.47 Å². The molecule has 1 fully saturated rings. The summed E-state index contributed by atoms with van der Waals surface area (Å²) in [4.78, 5) is 10.0. The average molecular weight is 102 g/mol. The minimum Gasteiger partial charge on any atom is -0.430 e. The van der Waals surface area contributed by atoms with Crippen molar-refractivity contribution in [3.05, 3.63) is 0 Å². The highest BCUT2D eigenvalue weighted by atomic mass is 16.8. The molecule has 1 aliphatic rings. The zero-order chi connectivity index (χ0) is 5.28. The van der Waals surface area contributed by atoms with Gasteiger partial charge in [0.25, 0.3) is 0 Å². The molecule has 0 aromatic rings. The molecular formula is C4H6O3. The molecule has 1 saturated heterocycles. The Kier molecular flexibility index (Phi) is 0.889. The van der Waals surface area contributed by atoms with E-state index in [1.165, 1.54) is 0 Å². The fourth-order valence-corrected chi connectivity index (χ4v) is 0.418. The third kappa shape index (κ3) is 0.824. The first-order valence-electron chi connectivity index (χ1n) is 2.12. The van der Waals surface area contributed by atoms with Gasteiger partial charge in [0.2, 0.25) is 0 Å². The molecule has 0 radical (unpaired) electrons. The van der Waals surface area contributed by atoms with Gasteiger partial charge in [0.1, 0.15) is 12.7 Å². The molecular weight excluding hydrogens is 96.0 g/mol. The number of cyclic esters (lactones) is 2. The van der Waals surface area contributed by atoms with Crippen molar-refractivity contribution in [1.29, 1.82) is 0 Å². The molecule has 3 heteroatoms. The maximum Gasteiger partial charge on any atom is 0.508 e. The predicted octanol–water partition coefficient (Wildman–Crippen LogP) is 0.542. The van der Waals surface area contributed by atoms with E-state index in [-0.39, 0.29) is 6.10 Å². The SMILES string of the molecule is C[C@@H]1COC(=O)O1. The maximum atomic E-state index is 10.0. The average Bonchev–Trinajstić information content (AvgIpc) is 1.87. The molecule has 7 heavy (non-hydrogen) atoms. The minimum absolute atomic E-state index is 0.0486. The van der Waals surface area contributed by atoms with Crippen molar-refractivity contribution in [3.8, 4) is 0 Å². The van der Waals surface area contributed by atoms with Crippen LogP contribution in [0.15, 0.2) is 0 Å². The Morgan fingerprint density at radius 1 is 1.86 bits per heavy atom. The Morgan fingerprint density at radius 3 is 2.71 bits per heavy atom. The van der Waals surface area contributed by atoms with E-state index in [0.717, 1.165) is 0 Å². The van der Waals surface area contributed by atoms with Gasteiger partial charge in [-0.1, -0.05) is 0 Å². The number of ether oxygens (including phenoxy) is 2. The van der Waals surface area contributed by atoms with Gasteiger partial charge in [0, 0.05) is 0 Å². The van der Waals surface area contributed by atoms with Crippen molar-refractivity contribution in [1.82, 2.24) is 0 Å². The Morgan fingerprint density at radius 2 is 2.57 bits per heavy atom. The van der Waals surface area contributed by atoms with Crippen LogP contribution in [0.3, 0.4) is 0 Å². The van der Waals surface area contributed by atoms with Crippen molar-refractivity contribution in [2.45, 2.75) is 13.0 Å². The summed E-state index contributed by atoms with van der Waals surface area (Å²) in [6, 6.07) is 0. The topological polar surface area (TPSA) is 35.5 Å². The molecule has 1 atom stereocenters. The Balaban J connectivity index is 2.40. The van der Waals surface area contributed by atoms with Crippen LogP contribution in [-0.4, -0.2) is 18.9 Å². The Hall–Kier alpha value is -0.730. The quantitative estimate of drug-likeness (QED) is 0.419. The van der Waals surface area contributed by atoms with E-state index >= 15 is 0 Å². The fraction of sp³-hybridized carbons (Fsp3) is 0.750. The highest BCUT2D eigenvalue weighted by Gasteiger charge is 2.19. The van der Waals surface area contributed by atoms with E-state index in [2.05, 4.69) is 9.47 Å².